The number of anilines is 1. The van der Waals surface area contributed by atoms with E-state index in [1.807, 2.05) is 34.0 Å². The summed E-state index contributed by atoms with van der Waals surface area (Å²) in [4.78, 5) is 2.07. The number of benzene rings is 1. The highest BCUT2D eigenvalue weighted by Gasteiger charge is 2.04. The highest BCUT2D eigenvalue weighted by Crippen LogP contribution is 2.27. The van der Waals surface area contributed by atoms with Crippen LogP contribution in [0, 0.1) is 19.4 Å². The Balaban J connectivity index is 3.28. The second kappa shape index (κ2) is 3.56. The summed E-state index contributed by atoms with van der Waals surface area (Å²) in [7, 11) is 4.03. The molecule has 0 bridgehead atoms. The molecular weight excluding hydrogens is 162 g/mol. The minimum Gasteiger partial charge on any atom is -0.377 e. The fourth-order valence-corrected chi connectivity index (χ4v) is 1.39. The molecule has 1 aromatic carbocycles. The molecule has 0 saturated carbocycles. The molecule has 0 radical (unpaired) electrons. The maximum Gasteiger partial charge on any atom is 0.0883 e. The Labute approximate surface area is 78.9 Å². The maximum atomic E-state index is 6.97. The largest absolute Gasteiger partial charge is 0.377 e. The van der Waals surface area contributed by atoms with E-state index >= 15 is 0 Å². The summed E-state index contributed by atoms with van der Waals surface area (Å²) in [6.45, 7) is 4.00. The van der Waals surface area contributed by atoms with Crippen LogP contribution < -0.4 is 4.90 Å². The van der Waals surface area contributed by atoms with E-state index in [1.165, 1.54) is 5.69 Å². The van der Waals surface area contributed by atoms with Crippen LogP contribution in [-0.4, -0.2) is 14.1 Å². The van der Waals surface area contributed by atoms with E-state index in [0.717, 1.165) is 16.8 Å². The third-order valence-corrected chi connectivity index (χ3v) is 2.12. The lowest BCUT2D eigenvalue weighted by atomic mass is 10.1. The molecule has 70 valence electrons. The second-order valence-corrected chi connectivity index (χ2v) is 3.43. The molecule has 13 heavy (non-hydrogen) atoms. The number of hydrogen-bond donors (Lipinski definition) is 1. The summed E-state index contributed by atoms with van der Waals surface area (Å²) in [6, 6.07) is 4.00. The fraction of sp³-hybridized carbons (Fsp3) is 0.400. The lowest BCUT2D eigenvalue weighted by molar-refractivity contribution is 1.09. The molecule has 3 heteroatoms. The zero-order chi connectivity index (χ0) is 10.0. The van der Waals surface area contributed by atoms with Gasteiger partial charge in [-0.2, -0.15) is 5.11 Å². The van der Waals surface area contributed by atoms with E-state index in [1.54, 1.807) is 0 Å². The summed E-state index contributed by atoms with van der Waals surface area (Å²) in [5.41, 5.74) is 11.1. The van der Waals surface area contributed by atoms with Crippen molar-refractivity contribution >= 4 is 11.4 Å². The molecule has 0 saturated heterocycles. The van der Waals surface area contributed by atoms with E-state index in [9.17, 15) is 0 Å². The molecule has 0 aliphatic carbocycles. The van der Waals surface area contributed by atoms with Crippen LogP contribution in [0.15, 0.2) is 17.2 Å². The maximum absolute atomic E-state index is 6.97. The molecule has 0 spiro atoms. The Morgan fingerprint density at radius 2 is 1.77 bits per heavy atom. The van der Waals surface area contributed by atoms with Gasteiger partial charge < -0.3 is 4.90 Å². The van der Waals surface area contributed by atoms with Crippen molar-refractivity contribution in [3.8, 4) is 0 Å². The first kappa shape index (κ1) is 9.71. The van der Waals surface area contributed by atoms with Gasteiger partial charge in [-0.15, -0.1) is 0 Å². The van der Waals surface area contributed by atoms with E-state index in [4.69, 9.17) is 5.53 Å². The number of nitrogens with zero attached hydrogens (tertiary/aromatic N) is 2. The quantitative estimate of drug-likeness (QED) is 0.693. The topological polar surface area (TPSA) is 39.5 Å². The molecule has 1 rings (SSSR count). The van der Waals surface area contributed by atoms with Crippen molar-refractivity contribution in [2.24, 2.45) is 5.11 Å². The SMILES string of the molecule is Cc1cc(N(C)C)c(C)cc1N=N. The molecule has 0 aromatic heterocycles. The van der Waals surface area contributed by atoms with Crippen molar-refractivity contribution in [3.63, 3.8) is 0 Å². The first-order chi connectivity index (χ1) is 6.06. The second-order valence-electron chi connectivity index (χ2n) is 3.43. The van der Waals surface area contributed by atoms with Crippen LogP contribution in [0.5, 0.6) is 0 Å². The van der Waals surface area contributed by atoms with Crippen LogP contribution in [0.25, 0.3) is 0 Å². The summed E-state index contributed by atoms with van der Waals surface area (Å²) < 4.78 is 0. The minimum atomic E-state index is 0.753. The Kier molecular flexibility index (Phi) is 2.66. The van der Waals surface area contributed by atoms with Crippen molar-refractivity contribution in [3.05, 3.63) is 23.3 Å². The number of aryl methyl sites for hydroxylation is 2. The fourth-order valence-electron chi connectivity index (χ4n) is 1.39. The van der Waals surface area contributed by atoms with Crippen LogP contribution >= 0.6 is 0 Å². The molecule has 3 nitrogen and oxygen atoms in total. The van der Waals surface area contributed by atoms with Crippen molar-refractivity contribution < 1.29 is 0 Å². The average molecular weight is 177 g/mol. The van der Waals surface area contributed by atoms with Crippen LogP contribution in [0.1, 0.15) is 11.1 Å². The number of nitrogens with one attached hydrogen (secondary N) is 1. The molecule has 0 aliphatic rings. The van der Waals surface area contributed by atoms with Crippen LogP contribution in [0.4, 0.5) is 11.4 Å². The van der Waals surface area contributed by atoms with Gasteiger partial charge in [0.2, 0.25) is 0 Å². The monoisotopic (exact) mass is 177 g/mol. The smallest absolute Gasteiger partial charge is 0.0883 e. The summed E-state index contributed by atoms with van der Waals surface area (Å²) >= 11 is 0. The Morgan fingerprint density at radius 1 is 1.15 bits per heavy atom. The van der Waals surface area contributed by atoms with Gasteiger partial charge >= 0.3 is 0 Å². The van der Waals surface area contributed by atoms with E-state index < -0.39 is 0 Å². The Bertz CT molecular complexity index is 329. The molecule has 0 amide bonds. The molecule has 0 fully saturated rings. The summed E-state index contributed by atoms with van der Waals surface area (Å²) in [6.07, 6.45) is 0. The van der Waals surface area contributed by atoms with Crippen LogP contribution in [0.3, 0.4) is 0 Å². The predicted molar refractivity (Wildman–Crippen MR) is 55.1 cm³/mol. The third-order valence-electron chi connectivity index (χ3n) is 2.12. The van der Waals surface area contributed by atoms with Gasteiger partial charge in [-0.3, -0.25) is 0 Å². The standard InChI is InChI=1S/C10H15N3/c1-7-6-10(13(3)4)8(2)5-9(7)12-11/h5-6,11H,1-4H3. The molecule has 0 atom stereocenters. The highest BCUT2D eigenvalue weighted by atomic mass is 15.1. The zero-order valence-electron chi connectivity index (χ0n) is 8.55. The Morgan fingerprint density at radius 3 is 2.23 bits per heavy atom. The van der Waals surface area contributed by atoms with Crippen LogP contribution in [0.2, 0.25) is 0 Å². The van der Waals surface area contributed by atoms with Gasteiger partial charge in [0.1, 0.15) is 0 Å². The van der Waals surface area contributed by atoms with Gasteiger partial charge in [-0.05, 0) is 37.1 Å². The third kappa shape index (κ3) is 1.86. The van der Waals surface area contributed by atoms with Crippen molar-refractivity contribution in [2.45, 2.75) is 13.8 Å². The summed E-state index contributed by atoms with van der Waals surface area (Å²) in [5.74, 6) is 0. The van der Waals surface area contributed by atoms with E-state index in [2.05, 4.69) is 16.1 Å². The number of rotatable bonds is 2. The van der Waals surface area contributed by atoms with Gasteiger partial charge in [-0.25, -0.2) is 5.53 Å². The molecule has 0 unspecified atom stereocenters. The molecular formula is C10H15N3. The molecule has 0 aliphatic heterocycles. The first-order valence-electron chi connectivity index (χ1n) is 4.22. The van der Waals surface area contributed by atoms with E-state index in [-0.39, 0.29) is 0 Å². The van der Waals surface area contributed by atoms with Gasteiger partial charge in [-0.1, -0.05) is 0 Å². The van der Waals surface area contributed by atoms with E-state index in [0.29, 0.717) is 0 Å². The normalized spacial score (nSPS) is 9.85. The van der Waals surface area contributed by atoms with Gasteiger partial charge in [0.15, 0.2) is 0 Å². The van der Waals surface area contributed by atoms with Crippen molar-refractivity contribution in [1.82, 2.24) is 0 Å². The Hall–Kier alpha value is -1.38. The van der Waals surface area contributed by atoms with Gasteiger partial charge in [0.25, 0.3) is 0 Å². The van der Waals surface area contributed by atoms with Crippen molar-refractivity contribution in [2.75, 3.05) is 19.0 Å². The molecule has 1 N–H and O–H groups in total. The van der Waals surface area contributed by atoms with Crippen LogP contribution in [-0.2, 0) is 0 Å². The van der Waals surface area contributed by atoms with Gasteiger partial charge in [0, 0.05) is 19.8 Å². The van der Waals surface area contributed by atoms with Crippen molar-refractivity contribution in [1.29, 1.82) is 5.53 Å². The molecule has 1 aromatic rings. The molecule has 0 heterocycles. The zero-order valence-corrected chi connectivity index (χ0v) is 8.55. The highest BCUT2D eigenvalue weighted by molar-refractivity contribution is 5.61. The first-order valence-corrected chi connectivity index (χ1v) is 4.22. The van der Waals surface area contributed by atoms with Gasteiger partial charge in [0.05, 0.1) is 5.69 Å². The lowest BCUT2D eigenvalue weighted by Gasteiger charge is -2.16. The lowest BCUT2D eigenvalue weighted by Crippen LogP contribution is -2.10. The summed E-state index contributed by atoms with van der Waals surface area (Å²) in [5, 5.41) is 3.46. The predicted octanol–water partition coefficient (Wildman–Crippen LogP) is 3.03. The average Bonchev–Trinajstić information content (AvgIpc) is 2.07. The number of hydrogen-bond acceptors (Lipinski definition) is 3. The minimum absolute atomic E-state index is 0.753.